The van der Waals surface area contributed by atoms with E-state index in [1.54, 1.807) is 0 Å². The minimum absolute atomic E-state index is 0.138. The SMILES string of the molecule is Cc1cc(NC(=O)CSc2ncnc(N)n2)c2ccccc2n1. The molecule has 116 valence electrons. The lowest BCUT2D eigenvalue weighted by molar-refractivity contribution is -0.113. The Morgan fingerprint density at radius 1 is 1.26 bits per heavy atom. The number of anilines is 2. The molecular formula is C15H14N6OS. The molecule has 23 heavy (non-hydrogen) atoms. The fraction of sp³-hybridized carbons (Fsp3) is 0.133. The highest BCUT2D eigenvalue weighted by Gasteiger charge is 2.09. The van der Waals surface area contributed by atoms with E-state index >= 15 is 0 Å². The van der Waals surface area contributed by atoms with Gasteiger partial charge in [0.15, 0.2) is 5.16 Å². The first kappa shape index (κ1) is 15.2. The van der Waals surface area contributed by atoms with Crippen LogP contribution in [0.1, 0.15) is 5.69 Å². The summed E-state index contributed by atoms with van der Waals surface area (Å²) < 4.78 is 0. The molecule has 1 aromatic carbocycles. The summed E-state index contributed by atoms with van der Waals surface area (Å²) in [5, 5.41) is 4.23. The summed E-state index contributed by atoms with van der Waals surface area (Å²) in [6, 6.07) is 9.53. The van der Waals surface area contributed by atoms with Gasteiger partial charge in [0.25, 0.3) is 0 Å². The van der Waals surface area contributed by atoms with Crippen LogP contribution in [-0.2, 0) is 4.79 Å². The van der Waals surface area contributed by atoms with Crippen molar-refractivity contribution in [2.24, 2.45) is 0 Å². The van der Waals surface area contributed by atoms with E-state index in [4.69, 9.17) is 5.73 Å². The topological polar surface area (TPSA) is 107 Å². The number of nitrogens with zero attached hydrogens (tertiary/aromatic N) is 4. The lowest BCUT2D eigenvalue weighted by Gasteiger charge is -2.09. The number of para-hydroxylation sites is 1. The molecule has 7 nitrogen and oxygen atoms in total. The van der Waals surface area contributed by atoms with Crippen molar-refractivity contribution in [2.75, 3.05) is 16.8 Å². The van der Waals surface area contributed by atoms with E-state index in [0.717, 1.165) is 22.3 Å². The van der Waals surface area contributed by atoms with Crippen molar-refractivity contribution in [1.29, 1.82) is 0 Å². The Bertz CT molecular complexity index is 869. The van der Waals surface area contributed by atoms with Gasteiger partial charge in [0, 0.05) is 11.1 Å². The van der Waals surface area contributed by atoms with Crippen molar-refractivity contribution >= 4 is 40.2 Å². The minimum Gasteiger partial charge on any atom is -0.368 e. The van der Waals surface area contributed by atoms with Gasteiger partial charge in [-0.1, -0.05) is 30.0 Å². The van der Waals surface area contributed by atoms with Gasteiger partial charge in [-0.05, 0) is 19.1 Å². The molecule has 2 heterocycles. The smallest absolute Gasteiger partial charge is 0.234 e. The fourth-order valence-corrected chi connectivity index (χ4v) is 2.70. The zero-order valence-electron chi connectivity index (χ0n) is 12.4. The molecular weight excluding hydrogens is 312 g/mol. The van der Waals surface area contributed by atoms with Crippen LogP contribution < -0.4 is 11.1 Å². The molecule has 0 saturated carbocycles. The number of nitrogens with one attached hydrogen (secondary N) is 1. The highest BCUT2D eigenvalue weighted by molar-refractivity contribution is 7.99. The third kappa shape index (κ3) is 3.72. The van der Waals surface area contributed by atoms with Crippen LogP contribution >= 0.6 is 11.8 Å². The third-order valence-electron chi connectivity index (χ3n) is 3.02. The Balaban J connectivity index is 1.73. The van der Waals surface area contributed by atoms with Gasteiger partial charge in [0.05, 0.1) is 17.0 Å². The molecule has 0 unspecified atom stereocenters. The number of fused-ring (bicyclic) bond motifs is 1. The Morgan fingerprint density at radius 3 is 2.91 bits per heavy atom. The zero-order chi connectivity index (χ0) is 16.2. The fourth-order valence-electron chi connectivity index (χ4n) is 2.09. The molecule has 0 saturated heterocycles. The van der Waals surface area contributed by atoms with Crippen molar-refractivity contribution < 1.29 is 4.79 Å². The van der Waals surface area contributed by atoms with E-state index < -0.39 is 0 Å². The molecule has 0 spiro atoms. The number of pyridine rings is 1. The van der Waals surface area contributed by atoms with Crippen LogP contribution in [0.25, 0.3) is 10.9 Å². The van der Waals surface area contributed by atoms with E-state index in [9.17, 15) is 4.79 Å². The van der Waals surface area contributed by atoms with Gasteiger partial charge in [-0.2, -0.15) is 4.98 Å². The number of aryl methyl sites for hydroxylation is 1. The summed E-state index contributed by atoms with van der Waals surface area (Å²) in [6.07, 6.45) is 1.32. The molecule has 8 heteroatoms. The number of aromatic nitrogens is 4. The molecule has 0 aliphatic carbocycles. The maximum atomic E-state index is 12.2. The van der Waals surface area contributed by atoms with E-state index in [1.165, 1.54) is 18.1 Å². The van der Waals surface area contributed by atoms with Crippen LogP contribution in [0.5, 0.6) is 0 Å². The second kappa shape index (κ2) is 6.57. The first-order chi connectivity index (χ1) is 11.1. The first-order valence-electron chi connectivity index (χ1n) is 6.85. The molecule has 0 aliphatic heterocycles. The number of thioether (sulfide) groups is 1. The van der Waals surface area contributed by atoms with Gasteiger partial charge in [-0.3, -0.25) is 9.78 Å². The van der Waals surface area contributed by atoms with E-state index in [0.29, 0.717) is 5.16 Å². The van der Waals surface area contributed by atoms with Gasteiger partial charge in [-0.25, -0.2) is 9.97 Å². The van der Waals surface area contributed by atoms with Crippen molar-refractivity contribution in [3.63, 3.8) is 0 Å². The summed E-state index contributed by atoms with van der Waals surface area (Å²) in [7, 11) is 0. The summed E-state index contributed by atoms with van der Waals surface area (Å²) >= 11 is 1.20. The second-order valence-corrected chi connectivity index (χ2v) is 5.73. The summed E-state index contributed by atoms with van der Waals surface area (Å²) in [5.74, 6) is 0.169. The monoisotopic (exact) mass is 326 g/mol. The van der Waals surface area contributed by atoms with E-state index in [-0.39, 0.29) is 17.6 Å². The highest BCUT2D eigenvalue weighted by Crippen LogP contribution is 2.23. The molecule has 0 fully saturated rings. The summed E-state index contributed by atoms with van der Waals surface area (Å²) in [4.78, 5) is 28.2. The average Bonchev–Trinajstić information content (AvgIpc) is 2.53. The number of rotatable bonds is 4. The van der Waals surface area contributed by atoms with Crippen LogP contribution in [-0.4, -0.2) is 31.6 Å². The van der Waals surface area contributed by atoms with Gasteiger partial charge in [-0.15, -0.1) is 0 Å². The average molecular weight is 326 g/mol. The van der Waals surface area contributed by atoms with Crippen LogP contribution in [0.15, 0.2) is 41.8 Å². The van der Waals surface area contributed by atoms with Crippen LogP contribution in [0.4, 0.5) is 11.6 Å². The number of amides is 1. The van der Waals surface area contributed by atoms with Crippen LogP contribution in [0.3, 0.4) is 0 Å². The second-order valence-electron chi connectivity index (χ2n) is 4.79. The first-order valence-corrected chi connectivity index (χ1v) is 7.84. The highest BCUT2D eigenvalue weighted by atomic mass is 32.2. The lowest BCUT2D eigenvalue weighted by Crippen LogP contribution is -2.15. The standard InChI is InChI=1S/C15H14N6OS/c1-9-6-12(10-4-2-3-5-11(10)19-9)20-13(22)7-23-15-18-8-17-14(16)21-15/h2-6,8H,7H2,1H3,(H,19,20,22)(H2,16,17,18,21). The van der Waals surface area contributed by atoms with E-state index in [2.05, 4.69) is 25.3 Å². The number of nitrogens with two attached hydrogens (primary N) is 1. The number of hydrogen-bond acceptors (Lipinski definition) is 7. The van der Waals surface area contributed by atoms with Gasteiger partial charge >= 0.3 is 0 Å². The van der Waals surface area contributed by atoms with Gasteiger partial charge < -0.3 is 11.1 Å². The molecule has 2 aromatic heterocycles. The largest absolute Gasteiger partial charge is 0.368 e. The number of hydrogen-bond donors (Lipinski definition) is 2. The lowest BCUT2D eigenvalue weighted by atomic mass is 10.1. The molecule has 0 aliphatic rings. The van der Waals surface area contributed by atoms with Crippen LogP contribution in [0.2, 0.25) is 0 Å². The van der Waals surface area contributed by atoms with Crippen molar-refractivity contribution in [2.45, 2.75) is 12.1 Å². The van der Waals surface area contributed by atoms with Crippen molar-refractivity contribution in [3.8, 4) is 0 Å². The number of carbonyl (C=O) groups is 1. The maximum absolute atomic E-state index is 12.2. The Labute approximate surface area is 136 Å². The molecule has 3 aromatic rings. The van der Waals surface area contributed by atoms with Gasteiger partial charge in [0.1, 0.15) is 6.33 Å². The van der Waals surface area contributed by atoms with Crippen molar-refractivity contribution in [3.05, 3.63) is 42.4 Å². The maximum Gasteiger partial charge on any atom is 0.234 e. The normalized spacial score (nSPS) is 10.7. The molecule has 0 bridgehead atoms. The Kier molecular flexibility index (Phi) is 4.33. The number of nitrogen functional groups attached to an aromatic ring is 1. The molecule has 1 amide bonds. The Morgan fingerprint density at radius 2 is 2.09 bits per heavy atom. The van der Waals surface area contributed by atoms with E-state index in [1.807, 2.05) is 37.3 Å². The van der Waals surface area contributed by atoms with Crippen molar-refractivity contribution in [1.82, 2.24) is 19.9 Å². The molecule has 0 atom stereocenters. The summed E-state index contributed by atoms with van der Waals surface area (Å²) in [6.45, 7) is 1.89. The zero-order valence-corrected chi connectivity index (χ0v) is 13.2. The minimum atomic E-state index is -0.148. The predicted octanol–water partition coefficient (Wildman–Crippen LogP) is 2.04. The van der Waals surface area contributed by atoms with Gasteiger partial charge in [0.2, 0.25) is 11.9 Å². The molecule has 0 radical (unpaired) electrons. The van der Waals surface area contributed by atoms with Crippen LogP contribution in [0, 0.1) is 6.92 Å². The Hall–Kier alpha value is -2.74. The number of benzene rings is 1. The molecule has 3 N–H and O–H groups in total. The predicted molar refractivity (Wildman–Crippen MR) is 90.1 cm³/mol. The molecule has 3 rings (SSSR count). The number of carbonyl (C=O) groups excluding carboxylic acids is 1. The summed E-state index contributed by atoms with van der Waals surface area (Å²) in [5.41, 5.74) is 7.92. The third-order valence-corrected chi connectivity index (χ3v) is 3.88. The quantitative estimate of drug-likeness (QED) is 0.706.